The molecule has 0 aliphatic carbocycles. The van der Waals surface area contributed by atoms with Crippen LogP contribution < -0.4 is 14.8 Å². The Hall–Kier alpha value is -2.55. The molecule has 3 aromatic carbocycles. The molecular formula is C25H20Br2N2O3S. The summed E-state index contributed by atoms with van der Waals surface area (Å²) >= 11 is 8.35. The van der Waals surface area contributed by atoms with E-state index in [1.54, 1.807) is 0 Å². The average molecular weight is 588 g/mol. The van der Waals surface area contributed by atoms with Crippen molar-refractivity contribution in [1.82, 2.24) is 5.32 Å². The quantitative estimate of drug-likeness (QED) is 0.300. The Labute approximate surface area is 213 Å². The number of ether oxygens (including phenoxy) is 2. The standard InChI is InChI=1S/C25H20Br2N2O3S/c1-2-31-21-13-17(12-20(27)23(21)32-15-16-8-10-18(26)11-9-16)14-22-24(30)29-25(33-22)28-19-6-4-3-5-7-19/h3-14H,2,15H2,1H3,(H,28,29,30)/b22-14-. The summed E-state index contributed by atoms with van der Waals surface area (Å²) < 4.78 is 13.7. The summed E-state index contributed by atoms with van der Waals surface area (Å²) in [5.41, 5.74) is 2.65. The Morgan fingerprint density at radius 3 is 2.52 bits per heavy atom. The number of benzene rings is 3. The van der Waals surface area contributed by atoms with E-state index in [9.17, 15) is 4.79 Å². The molecule has 0 aromatic heterocycles. The lowest BCUT2D eigenvalue weighted by atomic mass is 10.1. The first-order valence-electron chi connectivity index (χ1n) is 10.2. The van der Waals surface area contributed by atoms with Gasteiger partial charge in [-0.3, -0.25) is 4.79 Å². The summed E-state index contributed by atoms with van der Waals surface area (Å²) in [7, 11) is 0. The summed E-state index contributed by atoms with van der Waals surface area (Å²) in [5, 5.41) is 3.37. The average Bonchev–Trinajstić information content (AvgIpc) is 3.13. The Morgan fingerprint density at radius 2 is 1.79 bits per heavy atom. The van der Waals surface area contributed by atoms with Crippen molar-refractivity contribution in [3.05, 3.63) is 91.7 Å². The van der Waals surface area contributed by atoms with E-state index < -0.39 is 0 Å². The van der Waals surface area contributed by atoms with Crippen LogP contribution in [0.5, 0.6) is 11.5 Å². The summed E-state index contributed by atoms with van der Waals surface area (Å²) in [6.07, 6.45) is 1.82. The molecule has 5 nitrogen and oxygen atoms in total. The van der Waals surface area contributed by atoms with Crippen molar-refractivity contribution in [1.29, 1.82) is 0 Å². The van der Waals surface area contributed by atoms with Gasteiger partial charge in [0.2, 0.25) is 0 Å². The molecule has 0 bridgehead atoms. The highest BCUT2D eigenvalue weighted by Crippen LogP contribution is 2.39. The number of para-hydroxylation sites is 1. The second-order valence-corrected chi connectivity index (χ2v) is 9.80. The van der Waals surface area contributed by atoms with Gasteiger partial charge >= 0.3 is 0 Å². The zero-order chi connectivity index (χ0) is 23.2. The van der Waals surface area contributed by atoms with Crippen molar-refractivity contribution in [2.24, 2.45) is 4.99 Å². The van der Waals surface area contributed by atoms with E-state index in [1.165, 1.54) is 11.8 Å². The number of hydrogen-bond acceptors (Lipinski definition) is 5. The number of hydrogen-bond donors (Lipinski definition) is 1. The van der Waals surface area contributed by atoms with Gasteiger partial charge in [-0.05, 0) is 88.2 Å². The number of amides is 1. The monoisotopic (exact) mass is 586 g/mol. The molecular weight excluding hydrogens is 568 g/mol. The first-order valence-corrected chi connectivity index (χ1v) is 12.6. The summed E-state index contributed by atoms with van der Waals surface area (Å²) in [6, 6.07) is 21.3. The Balaban J connectivity index is 1.55. The van der Waals surface area contributed by atoms with E-state index in [4.69, 9.17) is 9.47 Å². The second-order valence-electron chi connectivity index (χ2n) is 7.00. The highest BCUT2D eigenvalue weighted by Gasteiger charge is 2.24. The molecule has 1 heterocycles. The van der Waals surface area contributed by atoms with Crippen LogP contribution in [-0.4, -0.2) is 17.7 Å². The zero-order valence-corrected chi connectivity index (χ0v) is 21.7. The number of amidine groups is 1. The third-order valence-corrected chi connectivity index (χ3v) is 6.59. The molecule has 0 spiro atoms. The number of carbonyl (C=O) groups excluding carboxylic acids is 1. The maximum Gasteiger partial charge on any atom is 0.264 e. The lowest BCUT2D eigenvalue weighted by Crippen LogP contribution is -2.19. The minimum Gasteiger partial charge on any atom is -0.490 e. The lowest BCUT2D eigenvalue weighted by Gasteiger charge is -2.15. The van der Waals surface area contributed by atoms with E-state index in [-0.39, 0.29) is 5.91 Å². The normalized spacial score (nSPS) is 15.7. The van der Waals surface area contributed by atoms with Gasteiger partial charge in [-0.2, -0.15) is 0 Å². The molecule has 1 amide bonds. The van der Waals surface area contributed by atoms with E-state index in [2.05, 4.69) is 42.2 Å². The molecule has 1 N–H and O–H groups in total. The first-order chi connectivity index (χ1) is 16.0. The molecule has 0 saturated carbocycles. The molecule has 1 saturated heterocycles. The Morgan fingerprint density at radius 1 is 1.03 bits per heavy atom. The van der Waals surface area contributed by atoms with Crippen molar-refractivity contribution in [2.45, 2.75) is 13.5 Å². The van der Waals surface area contributed by atoms with Crippen LogP contribution in [0.2, 0.25) is 0 Å². The summed E-state index contributed by atoms with van der Waals surface area (Å²) in [5.74, 6) is 1.05. The van der Waals surface area contributed by atoms with Crippen LogP contribution >= 0.6 is 43.6 Å². The molecule has 1 aliphatic heterocycles. The van der Waals surface area contributed by atoms with Crippen molar-refractivity contribution < 1.29 is 14.3 Å². The van der Waals surface area contributed by atoms with Crippen LogP contribution in [0.25, 0.3) is 6.08 Å². The van der Waals surface area contributed by atoms with E-state index in [0.717, 1.165) is 25.8 Å². The van der Waals surface area contributed by atoms with Crippen LogP contribution in [0, 0.1) is 0 Å². The topological polar surface area (TPSA) is 59.9 Å². The predicted octanol–water partition coefficient (Wildman–Crippen LogP) is 7.08. The van der Waals surface area contributed by atoms with Crippen molar-refractivity contribution in [2.75, 3.05) is 6.61 Å². The number of rotatable bonds is 7. The minimum absolute atomic E-state index is 0.181. The van der Waals surface area contributed by atoms with Gasteiger partial charge in [0.25, 0.3) is 5.91 Å². The van der Waals surface area contributed by atoms with Crippen LogP contribution in [0.3, 0.4) is 0 Å². The number of nitrogens with one attached hydrogen (secondary N) is 1. The van der Waals surface area contributed by atoms with Crippen molar-refractivity contribution in [3.8, 4) is 11.5 Å². The van der Waals surface area contributed by atoms with E-state index in [1.807, 2.05) is 79.7 Å². The molecule has 33 heavy (non-hydrogen) atoms. The fraction of sp³-hybridized carbons (Fsp3) is 0.120. The van der Waals surface area contributed by atoms with Crippen LogP contribution in [0.4, 0.5) is 5.69 Å². The number of thioether (sulfide) groups is 1. The lowest BCUT2D eigenvalue weighted by molar-refractivity contribution is -0.115. The van der Waals surface area contributed by atoms with E-state index >= 15 is 0 Å². The second kappa shape index (κ2) is 11.0. The molecule has 1 fully saturated rings. The molecule has 8 heteroatoms. The molecule has 3 aromatic rings. The third-order valence-electron chi connectivity index (χ3n) is 4.56. The van der Waals surface area contributed by atoms with Crippen molar-refractivity contribution >= 4 is 66.5 Å². The SMILES string of the molecule is CCOc1cc(/C=C2\SC(=Nc3ccccc3)NC2=O)cc(Br)c1OCc1ccc(Br)cc1. The van der Waals surface area contributed by atoms with Gasteiger partial charge in [0, 0.05) is 4.47 Å². The Bertz CT molecular complexity index is 1210. The van der Waals surface area contributed by atoms with Gasteiger partial charge in [-0.15, -0.1) is 0 Å². The molecule has 4 rings (SSSR count). The smallest absolute Gasteiger partial charge is 0.264 e. The Kier molecular flexibility index (Phi) is 7.90. The number of aliphatic imine (C=N–C) groups is 1. The minimum atomic E-state index is -0.181. The van der Waals surface area contributed by atoms with Gasteiger partial charge in [-0.25, -0.2) is 4.99 Å². The fourth-order valence-corrected chi connectivity index (χ4v) is 4.74. The van der Waals surface area contributed by atoms with Gasteiger partial charge in [-0.1, -0.05) is 46.3 Å². The summed E-state index contributed by atoms with van der Waals surface area (Å²) in [6.45, 7) is 2.82. The highest BCUT2D eigenvalue weighted by atomic mass is 79.9. The van der Waals surface area contributed by atoms with Gasteiger partial charge in [0.05, 0.1) is 21.7 Å². The van der Waals surface area contributed by atoms with E-state index in [0.29, 0.717) is 34.8 Å². The summed E-state index contributed by atoms with van der Waals surface area (Å²) in [4.78, 5) is 17.5. The highest BCUT2D eigenvalue weighted by molar-refractivity contribution is 9.10. The third kappa shape index (κ3) is 6.28. The van der Waals surface area contributed by atoms with Crippen LogP contribution in [0.1, 0.15) is 18.1 Å². The first kappa shape index (κ1) is 23.6. The molecule has 0 atom stereocenters. The molecule has 168 valence electrons. The van der Waals surface area contributed by atoms with Gasteiger partial charge in [0.15, 0.2) is 16.7 Å². The molecule has 0 radical (unpaired) electrons. The number of nitrogens with zero attached hydrogens (tertiary/aromatic N) is 1. The van der Waals surface area contributed by atoms with Crippen molar-refractivity contribution in [3.63, 3.8) is 0 Å². The maximum atomic E-state index is 12.5. The zero-order valence-electron chi connectivity index (χ0n) is 17.7. The largest absolute Gasteiger partial charge is 0.490 e. The van der Waals surface area contributed by atoms with Crippen LogP contribution in [-0.2, 0) is 11.4 Å². The van der Waals surface area contributed by atoms with Gasteiger partial charge in [0.1, 0.15) is 6.61 Å². The fourth-order valence-electron chi connectivity index (χ4n) is 3.06. The number of carbonyl (C=O) groups is 1. The molecule has 0 unspecified atom stereocenters. The number of halogens is 2. The maximum absolute atomic E-state index is 12.5. The van der Waals surface area contributed by atoms with Gasteiger partial charge < -0.3 is 14.8 Å². The predicted molar refractivity (Wildman–Crippen MR) is 141 cm³/mol. The molecule has 1 aliphatic rings. The van der Waals surface area contributed by atoms with Crippen LogP contribution in [0.15, 0.2) is 85.6 Å².